The first kappa shape index (κ1) is 28.2. The Kier molecular flexibility index (Phi) is 11.1. The summed E-state index contributed by atoms with van der Waals surface area (Å²) >= 11 is 0. The molecule has 1 heterocycles. The lowest BCUT2D eigenvalue weighted by molar-refractivity contribution is -0.233. The van der Waals surface area contributed by atoms with Gasteiger partial charge in [0.05, 0.1) is 50.3 Å². The first-order valence-electron chi connectivity index (χ1n) is 13.5. The summed E-state index contributed by atoms with van der Waals surface area (Å²) in [6, 6.07) is 30.4. The molecule has 0 unspecified atom stereocenters. The average Bonchev–Trinajstić information content (AvgIpc) is 2.95. The van der Waals surface area contributed by atoms with Gasteiger partial charge in [-0.3, -0.25) is 0 Å². The predicted molar refractivity (Wildman–Crippen MR) is 149 cm³/mol. The summed E-state index contributed by atoms with van der Waals surface area (Å²) in [6.45, 7) is 7.26. The van der Waals surface area contributed by atoms with Crippen molar-refractivity contribution in [2.75, 3.05) is 0 Å². The van der Waals surface area contributed by atoms with Gasteiger partial charge in [0.1, 0.15) is 6.10 Å². The lowest BCUT2D eigenvalue weighted by atomic mass is 9.91. The zero-order valence-electron chi connectivity index (χ0n) is 22.2. The van der Waals surface area contributed by atoms with Crippen molar-refractivity contribution in [1.29, 1.82) is 0 Å². The number of aliphatic hydroxyl groups is 1. The second-order valence-electron chi connectivity index (χ2n) is 9.96. The first-order valence-corrected chi connectivity index (χ1v) is 13.5. The van der Waals surface area contributed by atoms with E-state index in [0.717, 1.165) is 16.7 Å². The van der Waals surface area contributed by atoms with Crippen molar-refractivity contribution in [3.63, 3.8) is 0 Å². The Morgan fingerprint density at radius 3 is 1.92 bits per heavy atom. The van der Waals surface area contributed by atoms with Crippen LogP contribution < -0.4 is 0 Å². The molecule has 5 heteroatoms. The molecule has 0 bridgehead atoms. The summed E-state index contributed by atoms with van der Waals surface area (Å²) in [7, 11) is 0. The third-order valence-corrected chi connectivity index (χ3v) is 6.96. The normalized spacial score (nSPS) is 23.0. The molecule has 1 aliphatic heterocycles. The van der Waals surface area contributed by atoms with E-state index in [0.29, 0.717) is 39.1 Å². The minimum absolute atomic E-state index is 0.160. The van der Waals surface area contributed by atoms with Crippen LogP contribution >= 0.6 is 0 Å². The van der Waals surface area contributed by atoms with Gasteiger partial charge >= 0.3 is 0 Å². The fraction of sp³-hybridized carbons (Fsp3) is 0.394. The van der Waals surface area contributed by atoms with Crippen LogP contribution in [0.5, 0.6) is 0 Å². The van der Waals surface area contributed by atoms with E-state index in [9.17, 15) is 5.11 Å². The van der Waals surface area contributed by atoms with E-state index in [2.05, 4.69) is 30.8 Å². The molecule has 3 aromatic carbocycles. The molecule has 0 amide bonds. The first-order chi connectivity index (χ1) is 18.6. The second-order valence-corrected chi connectivity index (χ2v) is 9.96. The van der Waals surface area contributed by atoms with Crippen LogP contribution in [-0.4, -0.2) is 41.7 Å². The van der Waals surface area contributed by atoms with Crippen LogP contribution in [0.25, 0.3) is 0 Å². The van der Waals surface area contributed by atoms with Gasteiger partial charge in [0.2, 0.25) is 0 Å². The number of aliphatic hydroxyl groups excluding tert-OH is 1. The molecule has 1 fully saturated rings. The molecular weight excluding hydrogens is 476 g/mol. The summed E-state index contributed by atoms with van der Waals surface area (Å²) in [5.74, 6) is 0. The maximum absolute atomic E-state index is 10.7. The summed E-state index contributed by atoms with van der Waals surface area (Å²) in [5.41, 5.74) is 3.31. The molecule has 5 nitrogen and oxygen atoms in total. The van der Waals surface area contributed by atoms with Crippen LogP contribution in [-0.2, 0) is 38.8 Å². The third kappa shape index (κ3) is 8.62. The van der Waals surface area contributed by atoms with Gasteiger partial charge in [-0.1, -0.05) is 97.1 Å². The van der Waals surface area contributed by atoms with Gasteiger partial charge in [-0.25, -0.2) is 0 Å². The van der Waals surface area contributed by atoms with Gasteiger partial charge in [-0.2, -0.15) is 0 Å². The minimum Gasteiger partial charge on any atom is -0.393 e. The summed E-state index contributed by atoms with van der Waals surface area (Å²) < 4.78 is 25.9. The van der Waals surface area contributed by atoms with E-state index in [-0.39, 0.29) is 30.5 Å². The summed E-state index contributed by atoms with van der Waals surface area (Å²) in [6.07, 6.45) is 1.45. The smallest absolute Gasteiger partial charge is 0.110 e. The lowest BCUT2D eigenvalue weighted by Crippen LogP contribution is -2.54. The fourth-order valence-electron chi connectivity index (χ4n) is 4.84. The van der Waals surface area contributed by atoms with Gasteiger partial charge in [-0.05, 0) is 30.0 Å². The highest BCUT2D eigenvalue weighted by Gasteiger charge is 2.43. The molecule has 0 aliphatic carbocycles. The van der Waals surface area contributed by atoms with Gasteiger partial charge in [0.15, 0.2) is 0 Å². The van der Waals surface area contributed by atoms with Crippen LogP contribution in [0.3, 0.4) is 0 Å². The number of benzene rings is 3. The average molecular weight is 517 g/mol. The largest absolute Gasteiger partial charge is 0.393 e. The topological polar surface area (TPSA) is 57.2 Å². The van der Waals surface area contributed by atoms with E-state index in [1.165, 1.54) is 0 Å². The predicted octanol–water partition coefficient (Wildman–Crippen LogP) is 6.25. The maximum atomic E-state index is 10.7. The van der Waals surface area contributed by atoms with Crippen LogP contribution in [0.4, 0.5) is 0 Å². The number of rotatable bonds is 14. The van der Waals surface area contributed by atoms with E-state index in [4.69, 9.17) is 18.9 Å². The minimum atomic E-state index is -0.575. The molecule has 1 saturated heterocycles. The second kappa shape index (κ2) is 15.0. The highest BCUT2D eigenvalue weighted by molar-refractivity contribution is 5.15. The lowest BCUT2D eigenvalue weighted by Gasteiger charge is -2.44. The Bertz CT molecular complexity index is 1060. The van der Waals surface area contributed by atoms with E-state index in [1.54, 1.807) is 6.08 Å². The fourth-order valence-corrected chi connectivity index (χ4v) is 4.84. The molecule has 0 spiro atoms. The van der Waals surface area contributed by atoms with Crippen molar-refractivity contribution in [3.8, 4) is 0 Å². The van der Waals surface area contributed by atoms with Crippen LogP contribution in [0.2, 0.25) is 0 Å². The SMILES string of the molecule is C=CC[C@@H](O)C[C@H]1O[C@H]([C@H](C)OCc2ccccc2)C[C@H](OCc2ccccc2)[C@@H]1OCc1ccccc1. The highest BCUT2D eigenvalue weighted by atomic mass is 16.6. The third-order valence-electron chi connectivity index (χ3n) is 6.96. The van der Waals surface area contributed by atoms with E-state index in [1.807, 2.05) is 73.7 Å². The monoisotopic (exact) mass is 516 g/mol. The van der Waals surface area contributed by atoms with Gasteiger partial charge in [0.25, 0.3) is 0 Å². The molecule has 1 aliphatic rings. The Morgan fingerprint density at radius 2 is 1.37 bits per heavy atom. The Morgan fingerprint density at radius 1 is 0.842 bits per heavy atom. The zero-order chi connectivity index (χ0) is 26.6. The molecule has 6 atom stereocenters. The highest BCUT2D eigenvalue weighted by Crippen LogP contribution is 2.32. The van der Waals surface area contributed by atoms with E-state index >= 15 is 0 Å². The molecule has 38 heavy (non-hydrogen) atoms. The molecule has 3 aromatic rings. The molecule has 0 saturated carbocycles. The maximum Gasteiger partial charge on any atom is 0.110 e. The van der Waals surface area contributed by atoms with Crippen molar-refractivity contribution >= 4 is 0 Å². The van der Waals surface area contributed by atoms with Crippen LogP contribution in [0, 0.1) is 0 Å². The van der Waals surface area contributed by atoms with Crippen molar-refractivity contribution in [3.05, 3.63) is 120 Å². The molecular formula is C33H40O5. The quantitative estimate of drug-likeness (QED) is 0.257. The standard InChI is InChI=1S/C33H40O5/c1-3-13-29(34)20-32-33(37-24-28-18-11-6-12-19-28)31(36-23-27-16-9-5-10-17-27)21-30(38-32)25(2)35-22-26-14-7-4-8-15-26/h3-12,14-19,25,29-34H,1,13,20-24H2,2H3/t25-,29+,30-,31-,32+,33-/m0/s1. The van der Waals surface area contributed by atoms with Crippen LogP contribution in [0.15, 0.2) is 104 Å². The van der Waals surface area contributed by atoms with E-state index < -0.39 is 6.10 Å². The molecule has 1 N–H and O–H groups in total. The molecule has 4 rings (SSSR count). The van der Waals surface area contributed by atoms with Crippen molar-refractivity contribution < 1.29 is 24.1 Å². The number of hydrogen-bond acceptors (Lipinski definition) is 5. The molecule has 202 valence electrons. The van der Waals surface area contributed by atoms with Gasteiger partial charge < -0.3 is 24.1 Å². The van der Waals surface area contributed by atoms with Crippen molar-refractivity contribution in [2.45, 2.75) is 82.6 Å². The van der Waals surface area contributed by atoms with Gasteiger partial charge in [-0.15, -0.1) is 6.58 Å². The van der Waals surface area contributed by atoms with Crippen molar-refractivity contribution in [1.82, 2.24) is 0 Å². The molecule has 0 radical (unpaired) electrons. The van der Waals surface area contributed by atoms with Gasteiger partial charge in [0, 0.05) is 12.8 Å². The van der Waals surface area contributed by atoms with Crippen molar-refractivity contribution in [2.24, 2.45) is 0 Å². The Labute approximate surface area is 227 Å². The molecule has 0 aromatic heterocycles. The zero-order valence-corrected chi connectivity index (χ0v) is 22.2. The summed E-state index contributed by atoms with van der Waals surface area (Å²) in [5, 5.41) is 10.7. The Hall–Kier alpha value is -2.80. The number of ether oxygens (including phenoxy) is 4. The Balaban J connectivity index is 1.51. The van der Waals surface area contributed by atoms with Crippen LogP contribution in [0.1, 0.15) is 42.9 Å². The number of hydrogen-bond donors (Lipinski definition) is 1. The summed E-state index contributed by atoms with van der Waals surface area (Å²) in [4.78, 5) is 0.